The second-order valence-corrected chi connectivity index (χ2v) is 3.33. The molecule has 1 aromatic rings. The minimum Gasteiger partial charge on any atom is -0.374 e. The molecule has 1 fully saturated rings. The molecular weight excluding hydrogens is 182 g/mol. The van der Waals surface area contributed by atoms with E-state index in [1.807, 2.05) is 12.1 Å². The molecule has 5 heteroatoms. The molecule has 3 N–H and O–H groups in total. The number of aliphatic hydroxyl groups is 2. The van der Waals surface area contributed by atoms with Crippen LogP contribution >= 0.6 is 0 Å². The van der Waals surface area contributed by atoms with Crippen LogP contribution in [-0.2, 0) is 6.54 Å². The van der Waals surface area contributed by atoms with Gasteiger partial charge >= 0.3 is 0 Å². The minimum atomic E-state index is -0.855. The molecule has 2 unspecified atom stereocenters. The summed E-state index contributed by atoms with van der Waals surface area (Å²) in [6.45, 7) is 1.07. The maximum absolute atomic E-state index is 9.51. The number of nitrogens with one attached hydrogen (secondary N) is 1. The second kappa shape index (κ2) is 4.02. The van der Waals surface area contributed by atoms with Crippen molar-refractivity contribution in [2.75, 3.05) is 6.67 Å². The first kappa shape index (κ1) is 9.54. The van der Waals surface area contributed by atoms with Crippen LogP contribution in [0.4, 0.5) is 0 Å². The topological polar surface area (TPSA) is 68.6 Å². The summed E-state index contributed by atoms with van der Waals surface area (Å²) in [7, 11) is 0. The molecule has 2 heterocycles. The number of aliphatic hydroxyl groups excluding tert-OH is 2. The maximum atomic E-state index is 9.51. The molecule has 1 saturated heterocycles. The lowest BCUT2D eigenvalue weighted by atomic mass is 10.2. The van der Waals surface area contributed by atoms with Crippen LogP contribution in [0.5, 0.6) is 0 Å². The molecule has 2 atom stereocenters. The molecule has 0 amide bonds. The lowest BCUT2D eigenvalue weighted by Gasteiger charge is -2.19. The Morgan fingerprint density at radius 3 is 3.00 bits per heavy atom. The fourth-order valence-electron chi connectivity index (χ4n) is 1.49. The van der Waals surface area contributed by atoms with Crippen molar-refractivity contribution in [3.63, 3.8) is 0 Å². The Morgan fingerprint density at radius 1 is 1.57 bits per heavy atom. The molecule has 76 valence electrons. The van der Waals surface area contributed by atoms with Crippen molar-refractivity contribution in [2.24, 2.45) is 0 Å². The van der Waals surface area contributed by atoms with Crippen molar-refractivity contribution in [1.29, 1.82) is 0 Å². The Bertz CT molecular complexity index is 293. The lowest BCUT2D eigenvalue weighted by Crippen LogP contribution is -2.35. The minimum absolute atomic E-state index is 0.483. The number of nitrogens with zero attached hydrogens (tertiary/aromatic N) is 2. The van der Waals surface area contributed by atoms with E-state index in [4.69, 9.17) is 0 Å². The van der Waals surface area contributed by atoms with E-state index >= 15 is 0 Å². The van der Waals surface area contributed by atoms with Gasteiger partial charge in [-0.2, -0.15) is 0 Å². The van der Waals surface area contributed by atoms with Crippen LogP contribution in [0.3, 0.4) is 0 Å². The molecule has 2 rings (SSSR count). The molecule has 0 bridgehead atoms. The monoisotopic (exact) mass is 195 g/mol. The zero-order chi connectivity index (χ0) is 9.97. The van der Waals surface area contributed by atoms with Crippen LogP contribution in [0.1, 0.15) is 5.56 Å². The average molecular weight is 195 g/mol. The zero-order valence-electron chi connectivity index (χ0n) is 7.67. The summed E-state index contributed by atoms with van der Waals surface area (Å²) < 4.78 is 0. The summed E-state index contributed by atoms with van der Waals surface area (Å²) in [5, 5.41) is 21.5. The fraction of sp³-hybridized carbons (Fsp3) is 0.444. The van der Waals surface area contributed by atoms with E-state index in [9.17, 15) is 10.2 Å². The summed E-state index contributed by atoms with van der Waals surface area (Å²) in [6, 6.07) is 3.78. The second-order valence-electron chi connectivity index (χ2n) is 3.33. The van der Waals surface area contributed by atoms with E-state index in [1.54, 1.807) is 17.3 Å². The number of hydrogen-bond donors (Lipinski definition) is 3. The van der Waals surface area contributed by atoms with E-state index in [2.05, 4.69) is 10.3 Å². The zero-order valence-corrected chi connectivity index (χ0v) is 7.67. The fourth-order valence-corrected chi connectivity index (χ4v) is 1.49. The van der Waals surface area contributed by atoms with E-state index < -0.39 is 12.5 Å². The molecule has 1 aliphatic heterocycles. The third-order valence-electron chi connectivity index (χ3n) is 2.27. The van der Waals surface area contributed by atoms with Gasteiger partial charge in [-0.25, -0.2) is 0 Å². The van der Waals surface area contributed by atoms with Crippen molar-refractivity contribution < 1.29 is 10.2 Å². The summed E-state index contributed by atoms with van der Waals surface area (Å²) in [5.41, 5.74) is 1.02. The van der Waals surface area contributed by atoms with Gasteiger partial charge in [-0.15, -0.1) is 0 Å². The van der Waals surface area contributed by atoms with E-state index in [1.165, 1.54) is 0 Å². The Hall–Kier alpha value is -1.01. The van der Waals surface area contributed by atoms with Crippen molar-refractivity contribution >= 4 is 0 Å². The molecule has 1 aliphatic rings. The average Bonchev–Trinajstić information content (AvgIpc) is 2.52. The molecule has 0 aromatic carbocycles. The predicted octanol–water partition coefficient (Wildman–Crippen LogP) is -0.919. The van der Waals surface area contributed by atoms with E-state index in [0.717, 1.165) is 5.56 Å². The van der Waals surface area contributed by atoms with Crippen LogP contribution in [0.2, 0.25) is 0 Å². The Morgan fingerprint density at radius 2 is 2.43 bits per heavy atom. The lowest BCUT2D eigenvalue weighted by molar-refractivity contribution is -0.0425. The Kier molecular flexibility index (Phi) is 2.74. The van der Waals surface area contributed by atoms with Crippen LogP contribution in [0, 0.1) is 0 Å². The van der Waals surface area contributed by atoms with Gasteiger partial charge in [0.1, 0.15) is 12.5 Å². The molecule has 0 aliphatic carbocycles. The number of hydrogen-bond acceptors (Lipinski definition) is 5. The molecule has 5 nitrogen and oxygen atoms in total. The normalized spacial score (nSPS) is 28.1. The van der Waals surface area contributed by atoms with E-state index in [-0.39, 0.29) is 0 Å². The maximum Gasteiger partial charge on any atom is 0.148 e. The Balaban J connectivity index is 1.99. The SMILES string of the molecule is OC1NCN(Cc2cccnc2)C1O. The molecule has 0 radical (unpaired) electrons. The summed E-state index contributed by atoms with van der Waals surface area (Å²) in [4.78, 5) is 5.72. The van der Waals surface area contributed by atoms with Gasteiger partial charge in [-0.05, 0) is 11.6 Å². The largest absolute Gasteiger partial charge is 0.374 e. The molecule has 1 aromatic heterocycles. The Labute approximate surface area is 82.0 Å². The van der Waals surface area contributed by atoms with Crippen LogP contribution in [-0.4, -0.2) is 39.2 Å². The molecule has 0 saturated carbocycles. The van der Waals surface area contributed by atoms with Gasteiger partial charge in [-0.1, -0.05) is 6.07 Å². The highest BCUT2D eigenvalue weighted by Gasteiger charge is 2.29. The summed E-state index contributed by atoms with van der Waals surface area (Å²) in [6.07, 6.45) is 1.76. The number of pyridine rings is 1. The summed E-state index contributed by atoms with van der Waals surface area (Å²) in [5.74, 6) is 0. The smallest absolute Gasteiger partial charge is 0.148 e. The summed E-state index contributed by atoms with van der Waals surface area (Å²) >= 11 is 0. The van der Waals surface area contributed by atoms with Crippen LogP contribution < -0.4 is 5.32 Å². The quantitative estimate of drug-likeness (QED) is 0.569. The number of rotatable bonds is 2. The van der Waals surface area contributed by atoms with Gasteiger partial charge in [-0.3, -0.25) is 15.2 Å². The predicted molar refractivity (Wildman–Crippen MR) is 49.8 cm³/mol. The highest BCUT2D eigenvalue weighted by molar-refractivity contribution is 5.08. The van der Waals surface area contributed by atoms with Gasteiger partial charge < -0.3 is 10.2 Å². The van der Waals surface area contributed by atoms with Crippen molar-refractivity contribution in [1.82, 2.24) is 15.2 Å². The van der Waals surface area contributed by atoms with Gasteiger partial charge in [0.25, 0.3) is 0 Å². The third-order valence-corrected chi connectivity index (χ3v) is 2.27. The van der Waals surface area contributed by atoms with Crippen LogP contribution in [0.15, 0.2) is 24.5 Å². The standard InChI is InChI=1S/C9H13N3O2/c13-8-9(14)12(6-11-8)5-7-2-1-3-10-4-7/h1-4,8-9,11,13-14H,5-6H2. The van der Waals surface area contributed by atoms with Crippen molar-refractivity contribution in [3.8, 4) is 0 Å². The van der Waals surface area contributed by atoms with Crippen molar-refractivity contribution in [3.05, 3.63) is 30.1 Å². The molecular formula is C9H13N3O2. The first-order chi connectivity index (χ1) is 6.77. The van der Waals surface area contributed by atoms with Gasteiger partial charge in [0.2, 0.25) is 0 Å². The first-order valence-corrected chi connectivity index (χ1v) is 4.50. The first-order valence-electron chi connectivity index (χ1n) is 4.50. The van der Waals surface area contributed by atoms with Gasteiger partial charge in [0.05, 0.1) is 6.67 Å². The van der Waals surface area contributed by atoms with Gasteiger partial charge in [0, 0.05) is 18.9 Å². The highest BCUT2D eigenvalue weighted by atomic mass is 16.4. The number of aromatic nitrogens is 1. The highest BCUT2D eigenvalue weighted by Crippen LogP contribution is 2.11. The molecule has 14 heavy (non-hydrogen) atoms. The third kappa shape index (κ3) is 1.91. The van der Waals surface area contributed by atoms with Crippen molar-refractivity contribution in [2.45, 2.75) is 19.0 Å². The van der Waals surface area contributed by atoms with Gasteiger partial charge in [0.15, 0.2) is 0 Å². The van der Waals surface area contributed by atoms with Crippen LogP contribution in [0.25, 0.3) is 0 Å². The van der Waals surface area contributed by atoms with E-state index in [0.29, 0.717) is 13.2 Å². The molecule has 0 spiro atoms.